The topological polar surface area (TPSA) is 85.5 Å². The molecular formula is C18H12ClFN2O4. The lowest BCUT2D eigenvalue weighted by molar-refractivity contribution is 0.0380. The molecule has 1 unspecified atom stereocenters. The number of cyclic esters (lactones) is 1. The van der Waals surface area contributed by atoms with Crippen LogP contribution in [0.1, 0.15) is 33.5 Å². The number of halogens is 2. The standard InChI is InChI=1S/C18H12ClFN2O4/c1-8-5-6-12(25-8)15-14-16(22-18(24)21-15)13(26-17(14)23)7-9-10(19)3-2-4-11(9)20/h2-6,13H,7H2,1H3,(H,21,22,24). The number of furan rings is 1. The zero-order chi connectivity index (χ0) is 18.4. The Morgan fingerprint density at radius 2 is 2.08 bits per heavy atom. The number of aromatic nitrogens is 2. The summed E-state index contributed by atoms with van der Waals surface area (Å²) < 4.78 is 24.9. The second kappa shape index (κ2) is 6.10. The summed E-state index contributed by atoms with van der Waals surface area (Å²) in [5.41, 5.74) is 0.599. The maximum Gasteiger partial charge on any atom is 0.343 e. The quantitative estimate of drug-likeness (QED) is 0.697. The molecule has 3 aromatic rings. The van der Waals surface area contributed by atoms with E-state index in [1.807, 2.05) is 0 Å². The number of aryl methyl sites for hydroxylation is 1. The molecule has 0 radical (unpaired) electrons. The van der Waals surface area contributed by atoms with E-state index in [4.69, 9.17) is 20.8 Å². The van der Waals surface area contributed by atoms with Gasteiger partial charge in [-0.25, -0.2) is 9.18 Å². The summed E-state index contributed by atoms with van der Waals surface area (Å²) in [6.45, 7) is 1.74. The summed E-state index contributed by atoms with van der Waals surface area (Å²) in [7, 11) is 0. The van der Waals surface area contributed by atoms with Gasteiger partial charge in [-0.1, -0.05) is 17.7 Å². The van der Waals surface area contributed by atoms with Gasteiger partial charge >= 0.3 is 12.0 Å². The van der Waals surface area contributed by atoms with E-state index in [-0.39, 0.29) is 34.0 Å². The van der Waals surface area contributed by atoms with E-state index < -0.39 is 23.9 Å². The fourth-order valence-electron chi connectivity index (χ4n) is 2.94. The van der Waals surface area contributed by atoms with Crippen LogP contribution >= 0.6 is 11.6 Å². The van der Waals surface area contributed by atoms with Crippen molar-refractivity contribution in [2.75, 3.05) is 0 Å². The minimum absolute atomic E-state index is 0.0165. The molecule has 1 aliphatic rings. The Kier molecular flexibility index (Phi) is 3.88. The van der Waals surface area contributed by atoms with E-state index in [0.717, 1.165) is 0 Å². The van der Waals surface area contributed by atoms with E-state index in [1.54, 1.807) is 25.1 Å². The summed E-state index contributed by atoms with van der Waals surface area (Å²) in [6.07, 6.45) is -0.909. The van der Waals surface area contributed by atoms with Crippen molar-refractivity contribution in [3.05, 3.63) is 63.8 Å². The predicted molar refractivity (Wildman–Crippen MR) is 89.4 cm³/mol. The van der Waals surface area contributed by atoms with E-state index in [2.05, 4.69) is 9.97 Å². The molecule has 0 saturated heterocycles. The highest BCUT2D eigenvalue weighted by Gasteiger charge is 2.38. The van der Waals surface area contributed by atoms with Crippen LogP contribution in [0.4, 0.5) is 4.39 Å². The fraction of sp³-hybridized carbons (Fsp3) is 0.167. The second-order valence-corrected chi connectivity index (χ2v) is 6.25. The fourth-order valence-corrected chi connectivity index (χ4v) is 3.18. The molecule has 0 aliphatic carbocycles. The van der Waals surface area contributed by atoms with Crippen molar-refractivity contribution >= 4 is 17.6 Å². The maximum atomic E-state index is 14.1. The van der Waals surface area contributed by atoms with Crippen LogP contribution in [0.25, 0.3) is 11.5 Å². The van der Waals surface area contributed by atoms with Crippen LogP contribution in [-0.4, -0.2) is 21.0 Å². The Bertz CT molecular complexity index is 1010. The number of carbonyl (C=O) groups excluding carboxylic acids is 1. The van der Waals surface area contributed by atoms with Gasteiger partial charge in [0, 0.05) is 17.0 Å². The highest BCUT2D eigenvalue weighted by molar-refractivity contribution is 6.31. The number of benzene rings is 1. The molecule has 4 rings (SSSR count). The molecule has 1 aliphatic heterocycles. The summed E-state index contributed by atoms with van der Waals surface area (Å²) in [6, 6.07) is 7.11. The molecule has 1 aromatic carbocycles. The van der Waals surface area contributed by atoms with Gasteiger partial charge in [-0.15, -0.1) is 0 Å². The summed E-state index contributed by atoms with van der Waals surface area (Å²) in [5, 5.41) is 10.1. The zero-order valence-electron chi connectivity index (χ0n) is 13.5. The smallest absolute Gasteiger partial charge is 0.343 e. The lowest BCUT2D eigenvalue weighted by atomic mass is 10.0. The number of hydrogen-bond acceptors (Lipinski definition) is 6. The maximum absolute atomic E-state index is 14.1. The first-order chi connectivity index (χ1) is 12.4. The average molecular weight is 375 g/mol. The van der Waals surface area contributed by atoms with Gasteiger partial charge in [-0.2, -0.15) is 9.97 Å². The van der Waals surface area contributed by atoms with E-state index >= 15 is 0 Å². The van der Waals surface area contributed by atoms with Crippen molar-refractivity contribution < 1.29 is 23.4 Å². The summed E-state index contributed by atoms with van der Waals surface area (Å²) >= 11 is 6.05. The van der Waals surface area contributed by atoms with Gasteiger partial charge in [-0.3, -0.25) is 0 Å². The van der Waals surface area contributed by atoms with Crippen LogP contribution in [0.3, 0.4) is 0 Å². The van der Waals surface area contributed by atoms with Crippen LogP contribution in [0, 0.1) is 12.7 Å². The third-order valence-electron chi connectivity index (χ3n) is 4.11. The molecule has 0 fully saturated rings. The predicted octanol–water partition coefficient (Wildman–Crippen LogP) is 4.00. The molecule has 0 amide bonds. The number of fused-ring (bicyclic) bond motifs is 1. The molecule has 2 aromatic heterocycles. The van der Waals surface area contributed by atoms with Gasteiger partial charge in [0.25, 0.3) is 0 Å². The van der Waals surface area contributed by atoms with Crippen LogP contribution < -0.4 is 0 Å². The van der Waals surface area contributed by atoms with Crippen LogP contribution in [0.5, 0.6) is 6.01 Å². The SMILES string of the molecule is Cc1ccc(-c2nc(O)nc3c2C(=O)OC3Cc2c(F)cccc2Cl)o1. The van der Waals surface area contributed by atoms with E-state index in [0.29, 0.717) is 11.5 Å². The van der Waals surface area contributed by atoms with Gasteiger partial charge in [0.1, 0.15) is 34.6 Å². The highest BCUT2D eigenvalue weighted by atomic mass is 35.5. The third-order valence-corrected chi connectivity index (χ3v) is 4.46. The number of nitrogens with zero attached hydrogens (tertiary/aromatic N) is 2. The van der Waals surface area contributed by atoms with Crippen molar-refractivity contribution in [2.24, 2.45) is 0 Å². The van der Waals surface area contributed by atoms with Gasteiger partial charge in [0.05, 0.1) is 0 Å². The molecule has 132 valence electrons. The molecule has 3 heterocycles. The molecule has 26 heavy (non-hydrogen) atoms. The number of aromatic hydroxyl groups is 1. The molecule has 1 N–H and O–H groups in total. The Hall–Kier alpha value is -2.93. The highest BCUT2D eigenvalue weighted by Crippen LogP contribution is 2.39. The Labute approximate surface area is 152 Å². The number of rotatable bonds is 3. The monoisotopic (exact) mass is 374 g/mol. The average Bonchev–Trinajstić information content (AvgIpc) is 3.14. The number of ether oxygens (including phenoxy) is 1. The van der Waals surface area contributed by atoms with Crippen LogP contribution in [0.2, 0.25) is 5.02 Å². The lowest BCUT2D eigenvalue weighted by Gasteiger charge is -2.12. The van der Waals surface area contributed by atoms with Gasteiger partial charge in [-0.05, 0) is 31.2 Å². The first-order valence-corrected chi connectivity index (χ1v) is 8.13. The first kappa shape index (κ1) is 16.5. The Morgan fingerprint density at radius 3 is 2.77 bits per heavy atom. The molecular weight excluding hydrogens is 363 g/mol. The van der Waals surface area contributed by atoms with Crippen LogP contribution in [0.15, 0.2) is 34.7 Å². The molecule has 8 heteroatoms. The van der Waals surface area contributed by atoms with Crippen molar-refractivity contribution in [2.45, 2.75) is 19.4 Å². The van der Waals surface area contributed by atoms with E-state index in [9.17, 15) is 14.3 Å². The lowest BCUT2D eigenvalue weighted by Crippen LogP contribution is -2.06. The molecule has 0 spiro atoms. The van der Waals surface area contributed by atoms with Gasteiger partial charge in [0.2, 0.25) is 0 Å². The molecule has 6 nitrogen and oxygen atoms in total. The van der Waals surface area contributed by atoms with Crippen molar-refractivity contribution in [3.63, 3.8) is 0 Å². The first-order valence-electron chi connectivity index (χ1n) is 7.75. The third kappa shape index (κ3) is 2.70. The number of hydrogen-bond donors (Lipinski definition) is 1. The molecule has 1 atom stereocenters. The zero-order valence-corrected chi connectivity index (χ0v) is 14.2. The molecule has 0 saturated carbocycles. The minimum Gasteiger partial charge on any atom is -0.479 e. The molecule has 0 bridgehead atoms. The van der Waals surface area contributed by atoms with Crippen molar-refractivity contribution in [1.29, 1.82) is 0 Å². The summed E-state index contributed by atoms with van der Waals surface area (Å²) in [5.74, 6) is -0.255. The normalized spacial score (nSPS) is 15.8. The summed E-state index contributed by atoms with van der Waals surface area (Å²) in [4.78, 5) is 20.2. The van der Waals surface area contributed by atoms with Gasteiger partial charge < -0.3 is 14.3 Å². The number of esters is 1. The van der Waals surface area contributed by atoms with Gasteiger partial charge in [0.15, 0.2) is 5.76 Å². The largest absolute Gasteiger partial charge is 0.479 e. The van der Waals surface area contributed by atoms with Crippen molar-refractivity contribution in [3.8, 4) is 17.5 Å². The Balaban J connectivity index is 1.81. The van der Waals surface area contributed by atoms with Crippen molar-refractivity contribution in [1.82, 2.24) is 9.97 Å². The Morgan fingerprint density at radius 1 is 1.27 bits per heavy atom. The van der Waals surface area contributed by atoms with E-state index in [1.165, 1.54) is 12.1 Å². The van der Waals surface area contributed by atoms with Crippen LogP contribution in [-0.2, 0) is 11.2 Å². The second-order valence-electron chi connectivity index (χ2n) is 5.84. The number of carbonyl (C=O) groups is 1. The minimum atomic E-state index is -0.893.